The second-order valence-corrected chi connectivity index (χ2v) is 5.26. The third-order valence-electron chi connectivity index (χ3n) is 3.99. The van der Waals surface area contributed by atoms with Gasteiger partial charge in [0.05, 0.1) is 16.8 Å². The monoisotopic (exact) mass is 300 g/mol. The van der Waals surface area contributed by atoms with Crippen LogP contribution in [0.5, 0.6) is 0 Å². The molecule has 3 aromatic rings. The van der Waals surface area contributed by atoms with Gasteiger partial charge >= 0.3 is 0 Å². The van der Waals surface area contributed by atoms with Crippen molar-refractivity contribution in [1.29, 1.82) is 5.26 Å². The van der Waals surface area contributed by atoms with Gasteiger partial charge in [0, 0.05) is 22.9 Å². The average molecular weight is 300 g/mol. The third kappa shape index (κ3) is 1.87. The van der Waals surface area contributed by atoms with Gasteiger partial charge in [-0.25, -0.2) is 4.39 Å². The van der Waals surface area contributed by atoms with Gasteiger partial charge in [0.15, 0.2) is 5.78 Å². The lowest BCUT2D eigenvalue weighted by molar-refractivity contribution is 0.104. The number of benzene rings is 2. The largest absolute Gasteiger partial charge is 0.288 e. The zero-order valence-corrected chi connectivity index (χ0v) is 11.9. The Bertz CT molecular complexity index is 1000. The summed E-state index contributed by atoms with van der Waals surface area (Å²) in [5.41, 5.74) is 3.77. The second-order valence-electron chi connectivity index (χ2n) is 5.26. The lowest BCUT2D eigenvalue weighted by Gasteiger charge is -2.09. The quantitative estimate of drug-likeness (QED) is 0.534. The molecule has 0 unspecified atom stereocenters. The maximum atomic E-state index is 13.2. The number of carbonyl (C=O) groups excluding carboxylic acids is 1. The van der Waals surface area contributed by atoms with Gasteiger partial charge < -0.3 is 0 Å². The van der Waals surface area contributed by atoms with E-state index < -0.39 is 0 Å². The van der Waals surface area contributed by atoms with E-state index in [1.807, 2.05) is 12.1 Å². The van der Waals surface area contributed by atoms with Crippen molar-refractivity contribution in [3.05, 3.63) is 77.2 Å². The van der Waals surface area contributed by atoms with Crippen LogP contribution in [-0.2, 0) is 0 Å². The Morgan fingerprint density at radius 1 is 0.957 bits per heavy atom. The van der Waals surface area contributed by atoms with Crippen LogP contribution in [0.25, 0.3) is 22.4 Å². The molecule has 2 aromatic carbocycles. The lowest BCUT2D eigenvalue weighted by atomic mass is 9.94. The molecule has 0 N–H and O–H groups in total. The summed E-state index contributed by atoms with van der Waals surface area (Å²) >= 11 is 0. The van der Waals surface area contributed by atoms with E-state index in [0.717, 1.165) is 5.56 Å². The van der Waals surface area contributed by atoms with Crippen molar-refractivity contribution >= 4 is 5.78 Å². The molecule has 4 heteroatoms. The van der Waals surface area contributed by atoms with Crippen molar-refractivity contribution in [3.8, 4) is 28.5 Å². The summed E-state index contributed by atoms with van der Waals surface area (Å²) in [5.74, 6) is -0.521. The van der Waals surface area contributed by atoms with E-state index >= 15 is 0 Å². The van der Waals surface area contributed by atoms with Gasteiger partial charge in [0.2, 0.25) is 0 Å². The summed E-state index contributed by atoms with van der Waals surface area (Å²) in [6, 6.07) is 15.1. The van der Waals surface area contributed by atoms with Crippen molar-refractivity contribution < 1.29 is 9.18 Å². The van der Waals surface area contributed by atoms with Gasteiger partial charge in [-0.05, 0) is 17.7 Å². The minimum absolute atomic E-state index is 0.153. The minimum atomic E-state index is -0.368. The van der Waals surface area contributed by atoms with Gasteiger partial charge in [-0.15, -0.1) is 0 Å². The van der Waals surface area contributed by atoms with Crippen molar-refractivity contribution in [1.82, 2.24) is 4.98 Å². The van der Waals surface area contributed by atoms with E-state index in [0.29, 0.717) is 33.5 Å². The summed E-state index contributed by atoms with van der Waals surface area (Å²) in [5, 5.41) is 9.39. The fourth-order valence-corrected chi connectivity index (χ4v) is 2.96. The highest BCUT2D eigenvalue weighted by Crippen LogP contribution is 2.41. The van der Waals surface area contributed by atoms with Crippen LogP contribution in [0.2, 0.25) is 0 Å². The summed E-state index contributed by atoms with van der Waals surface area (Å²) in [6.45, 7) is 0. The van der Waals surface area contributed by atoms with Gasteiger partial charge in [0.25, 0.3) is 0 Å². The number of nitriles is 1. The van der Waals surface area contributed by atoms with E-state index in [4.69, 9.17) is 0 Å². The fraction of sp³-hybridized carbons (Fsp3) is 0. The topological polar surface area (TPSA) is 53.8 Å². The zero-order chi connectivity index (χ0) is 16.0. The second kappa shape index (κ2) is 4.85. The van der Waals surface area contributed by atoms with E-state index in [9.17, 15) is 14.4 Å². The molecule has 1 heterocycles. The Morgan fingerprint density at radius 3 is 2.35 bits per heavy atom. The smallest absolute Gasteiger partial charge is 0.196 e. The predicted molar refractivity (Wildman–Crippen MR) is 83.2 cm³/mol. The van der Waals surface area contributed by atoms with Gasteiger partial charge in [0.1, 0.15) is 11.9 Å². The predicted octanol–water partition coefficient (Wildman–Crippen LogP) is 3.97. The van der Waals surface area contributed by atoms with Crippen LogP contribution in [0.15, 0.2) is 54.7 Å². The molecule has 3 nitrogen and oxygen atoms in total. The first-order valence-corrected chi connectivity index (χ1v) is 7.04. The number of halogens is 1. The first kappa shape index (κ1) is 13.4. The van der Waals surface area contributed by atoms with E-state index in [1.54, 1.807) is 24.3 Å². The normalized spacial score (nSPS) is 11.7. The molecular weight excluding hydrogens is 291 g/mol. The minimum Gasteiger partial charge on any atom is -0.288 e. The average Bonchev–Trinajstić information content (AvgIpc) is 2.88. The zero-order valence-electron chi connectivity index (χ0n) is 11.9. The van der Waals surface area contributed by atoms with Crippen LogP contribution in [0.3, 0.4) is 0 Å². The van der Waals surface area contributed by atoms with Crippen LogP contribution in [0, 0.1) is 17.1 Å². The molecule has 0 radical (unpaired) electrons. The maximum Gasteiger partial charge on any atom is 0.196 e. The SMILES string of the molecule is N#Cc1cnc2c(c1-c1ccc(F)cc1)C(=O)c1ccccc1-2. The summed E-state index contributed by atoms with van der Waals surface area (Å²) < 4.78 is 13.2. The number of pyridine rings is 1. The molecule has 108 valence electrons. The Hall–Kier alpha value is -3.32. The number of rotatable bonds is 1. The summed E-state index contributed by atoms with van der Waals surface area (Å²) in [4.78, 5) is 17.1. The van der Waals surface area contributed by atoms with Crippen LogP contribution in [-0.4, -0.2) is 10.8 Å². The highest BCUT2D eigenvalue weighted by molar-refractivity contribution is 6.24. The molecule has 0 atom stereocenters. The van der Waals surface area contributed by atoms with E-state index in [2.05, 4.69) is 11.1 Å². The molecule has 0 aliphatic heterocycles. The number of nitrogens with zero attached hydrogens (tertiary/aromatic N) is 2. The molecule has 0 bridgehead atoms. The highest BCUT2D eigenvalue weighted by Gasteiger charge is 2.32. The highest BCUT2D eigenvalue weighted by atomic mass is 19.1. The number of carbonyl (C=O) groups is 1. The summed E-state index contributed by atoms with van der Waals surface area (Å²) in [7, 11) is 0. The molecule has 0 saturated carbocycles. The number of fused-ring (bicyclic) bond motifs is 3. The molecule has 23 heavy (non-hydrogen) atoms. The molecular formula is C19H9FN2O. The lowest BCUT2D eigenvalue weighted by Crippen LogP contribution is -2.01. The molecule has 0 fully saturated rings. The Balaban J connectivity index is 2.07. The molecule has 1 aliphatic rings. The third-order valence-corrected chi connectivity index (χ3v) is 3.99. The molecule has 0 amide bonds. The Kier molecular flexibility index (Phi) is 2.82. The van der Waals surface area contributed by atoms with Gasteiger partial charge in [-0.2, -0.15) is 5.26 Å². The van der Waals surface area contributed by atoms with Crippen molar-refractivity contribution in [3.63, 3.8) is 0 Å². The molecule has 1 aliphatic carbocycles. The van der Waals surface area contributed by atoms with Crippen LogP contribution in [0.1, 0.15) is 21.5 Å². The molecule has 4 rings (SSSR count). The molecule has 0 spiro atoms. The summed E-state index contributed by atoms with van der Waals surface area (Å²) in [6.07, 6.45) is 1.47. The standard InChI is InChI=1S/C19H9FN2O/c20-13-7-5-11(6-8-13)16-12(9-21)10-22-18-14-3-1-2-4-15(14)19(23)17(16)18/h1-8,10H. The Morgan fingerprint density at radius 2 is 1.65 bits per heavy atom. The van der Waals surface area contributed by atoms with Crippen LogP contribution in [0.4, 0.5) is 4.39 Å². The fourth-order valence-electron chi connectivity index (χ4n) is 2.96. The first-order chi connectivity index (χ1) is 11.2. The van der Waals surface area contributed by atoms with Crippen LogP contribution >= 0.6 is 0 Å². The molecule has 0 saturated heterocycles. The Labute approximate surface area is 131 Å². The van der Waals surface area contributed by atoms with E-state index in [1.165, 1.54) is 18.3 Å². The van der Waals surface area contributed by atoms with Crippen LogP contribution < -0.4 is 0 Å². The van der Waals surface area contributed by atoms with Crippen molar-refractivity contribution in [2.75, 3.05) is 0 Å². The van der Waals surface area contributed by atoms with Gasteiger partial charge in [-0.1, -0.05) is 36.4 Å². The molecule has 1 aromatic heterocycles. The maximum absolute atomic E-state index is 13.2. The number of ketones is 1. The first-order valence-electron chi connectivity index (χ1n) is 7.04. The number of hydrogen-bond acceptors (Lipinski definition) is 3. The number of hydrogen-bond donors (Lipinski definition) is 0. The van der Waals surface area contributed by atoms with Crippen molar-refractivity contribution in [2.45, 2.75) is 0 Å². The van der Waals surface area contributed by atoms with E-state index in [-0.39, 0.29) is 11.6 Å². The number of aromatic nitrogens is 1. The van der Waals surface area contributed by atoms with Crippen molar-refractivity contribution in [2.24, 2.45) is 0 Å². The van der Waals surface area contributed by atoms with Gasteiger partial charge in [-0.3, -0.25) is 9.78 Å².